The molecule has 1 atom stereocenters. The number of halogens is 2. The highest BCUT2D eigenvalue weighted by molar-refractivity contribution is 6.42. The molecule has 4 rings (SSSR count). The minimum atomic E-state index is 0.0677. The summed E-state index contributed by atoms with van der Waals surface area (Å²) in [6.45, 7) is 4.07. The van der Waals surface area contributed by atoms with Gasteiger partial charge in [0.05, 0.1) is 10.0 Å². The molecule has 2 aromatic rings. The van der Waals surface area contributed by atoms with E-state index in [1.807, 2.05) is 31.3 Å². The molecular weight excluding hydrogens is 403 g/mol. The number of hydrogen-bond acceptors (Lipinski definition) is 3. The molecule has 29 heavy (non-hydrogen) atoms. The molecule has 0 radical (unpaired) electrons. The van der Waals surface area contributed by atoms with Gasteiger partial charge >= 0.3 is 0 Å². The van der Waals surface area contributed by atoms with E-state index >= 15 is 0 Å². The lowest BCUT2D eigenvalue weighted by Gasteiger charge is -2.40. The molecule has 1 aliphatic heterocycles. The molecule has 0 saturated carbocycles. The van der Waals surface area contributed by atoms with Gasteiger partial charge in [0.2, 0.25) is 0 Å². The SMILES string of the molecule is CNC[C@@H](CCN1CCC2(CC1)CC(=O)c1ccccc12)c1ccc(Cl)c(Cl)c1. The molecule has 1 aliphatic carbocycles. The molecule has 1 fully saturated rings. The van der Waals surface area contributed by atoms with Crippen LogP contribution in [0.1, 0.15) is 53.1 Å². The van der Waals surface area contributed by atoms with Crippen molar-refractivity contribution in [1.82, 2.24) is 10.2 Å². The smallest absolute Gasteiger partial charge is 0.164 e. The normalized spacial score (nSPS) is 19.5. The number of likely N-dealkylation sites (tertiary alicyclic amines) is 1. The molecule has 3 nitrogen and oxygen atoms in total. The number of nitrogens with zero attached hydrogens (tertiary/aromatic N) is 1. The molecule has 1 heterocycles. The fraction of sp³-hybridized carbons (Fsp3) is 0.458. The van der Waals surface area contributed by atoms with E-state index in [4.69, 9.17) is 23.2 Å². The molecule has 0 unspecified atom stereocenters. The van der Waals surface area contributed by atoms with Crippen LogP contribution in [0, 0.1) is 0 Å². The fourth-order valence-corrected chi connectivity index (χ4v) is 5.38. The van der Waals surface area contributed by atoms with Gasteiger partial charge in [-0.1, -0.05) is 53.5 Å². The average Bonchev–Trinajstić information content (AvgIpc) is 3.00. The van der Waals surface area contributed by atoms with Crippen molar-refractivity contribution in [2.24, 2.45) is 0 Å². The van der Waals surface area contributed by atoms with Crippen LogP contribution in [-0.4, -0.2) is 43.9 Å². The van der Waals surface area contributed by atoms with E-state index in [2.05, 4.69) is 28.4 Å². The molecule has 0 bridgehead atoms. The zero-order valence-corrected chi connectivity index (χ0v) is 18.4. The first-order valence-electron chi connectivity index (χ1n) is 10.5. The van der Waals surface area contributed by atoms with Crippen LogP contribution in [0.2, 0.25) is 10.0 Å². The molecule has 2 aliphatic rings. The predicted molar refractivity (Wildman–Crippen MR) is 120 cm³/mol. The van der Waals surface area contributed by atoms with Gasteiger partial charge in [-0.3, -0.25) is 4.79 Å². The van der Waals surface area contributed by atoms with E-state index < -0.39 is 0 Å². The third kappa shape index (κ3) is 4.25. The van der Waals surface area contributed by atoms with E-state index in [1.165, 1.54) is 11.1 Å². The Morgan fingerprint density at radius 2 is 1.86 bits per heavy atom. The summed E-state index contributed by atoms with van der Waals surface area (Å²) in [6.07, 6.45) is 3.89. The number of nitrogens with one attached hydrogen (secondary N) is 1. The summed E-state index contributed by atoms with van der Waals surface area (Å²) in [5, 5.41) is 4.53. The summed E-state index contributed by atoms with van der Waals surface area (Å²) >= 11 is 12.3. The van der Waals surface area contributed by atoms with Gasteiger partial charge in [-0.05, 0) is 75.1 Å². The van der Waals surface area contributed by atoms with Gasteiger partial charge in [0, 0.05) is 23.9 Å². The number of rotatable bonds is 6. The molecule has 1 N–H and O–H groups in total. The number of fused-ring (bicyclic) bond motifs is 2. The van der Waals surface area contributed by atoms with Gasteiger partial charge in [0.15, 0.2) is 5.78 Å². The lowest BCUT2D eigenvalue weighted by Crippen LogP contribution is -2.42. The highest BCUT2D eigenvalue weighted by Gasteiger charge is 2.44. The number of Topliss-reactive ketones (excluding diaryl/α,β-unsaturated/α-hetero) is 1. The van der Waals surface area contributed by atoms with Crippen molar-refractivity contribution in [2.75, 3.05) is 33.2 Å². The molecule has 154 valence electrons. The largest absolute Gasteiger partial charge is 0.319 e. The van der Waals surface area contributed by atoms with Gasteiger partial charge in [-0.2, -0.15) is 0 Å². The summed E-state index contributed by atoms with van der Waals surface area (Å²) in [7, 11) is 1.99. The highest BCUT2D eigenvalue weighted by atomic mass is 35.5. The highest BCUT2D eigenvalue weighted by Crippen LogP contribution is 2.46. The Morgan fingerprint density at radius 3 is 2.59 bits per heavy atom. The van der Waals surface area contributed by atoms with E-state index in [1.54, 1.807) is 0 Å². The Morgan fingerprint density at radius 1 is 1.10 bits per heavy atom. The Labute approximate surface area is 183 Å². The van der Waals surface area contributed by atoms with Crippen molar-refractivity contribution < 1.29 is 4.79 Å². The quantitative estimate of drug-likeness (QED) is 0.673. The maximum atomic E-state index is 12.5. The summed E-state index contributed by atoms with van der Waals surface area (Å²) in [6, 6.07) is 14.2. The number of carbonyl (C=O) groups is 1. The number of piperidine rings is 1. The summed E-state index contributed by atoms with van der Waals surface area (Å²) < 4.78 is 0. The minimum absolute atomic E-state index is 0.0677. The number of hydrogen-bond donors (Lipinski definition) is 1. The molecule has 0 amide bonds. The lowest BCUT2D eigenvalue weighted by atomic mass is 9.73. The van der Waals surface area contributed by atoms with E-state index in [0.717, 1.165) is 51.0 Å². The van der Waals surface area contributed by atoms with Crippen molar-refractivity contribution >= 4 is 29.0 Å². The van der Waals surface area contributed by atoms with Gasteiger partial charge in [-0.15, -0.1) is 0 Å². The first-order chi connectivity index (χ1) is 14.0. The molecular formula is C24H28Cl2N2O. The van der Waals surface area contributed by atoms with Crippen molar-refractivity contribution in [3.63, 3.8) is 0 Å². The van der Waals surface area contributed by atoms with Crippen molar-refractivity contribution in [3.05, 3.63) is 69.2 Å². The molecule has 1 spiro atoms. The molecule has 0 aromatic heterocycles. The first kappa shape index (κ1) is 20.9. The second-order valence-electron chi connectivity index (χ2n) is 8.48. The van der Waals surface area contributed by atoms with E-state index in [9.17, 15) is 4.79 Å². The Bertz CT molecular complexity index is 890. The van der Waals surface area contributed by atoms with Crippen molar-refractivity contribution in [3.8, 4) is 0 Å². The predicted octanol–water partition coefficient (Wildman–Crippen LogP) is 5.31. The van der Waals surface area contributed by atoms with E-state index in [-0.39, 0.29) is 5.41 Å². The summed E-state index contributed by atoms with van der Waals surface area (Å²) in [5.74, 6) is 0.724. The van der Waals surface area contributed by atoms with Gasteiger partial charge in [-0.25, -0.2) is 0 Å². The standard InChI is InChI=1S/C24H28Cl2N2O/c1-27-16-18(17-6-7-21(25)22(26)14-17)8-11-28-12-9-24(10-13-28)15-23(29)19-4-2-3-5-20(19)24/h2-7,14,18,27H,8-13,15-16H2,1H3/t18-/m1/s1. The van der Waals surface area contributed by atoms with Crippen LogP contribution in [0.3, 0.4) is 0 Å². The Kier molecular flexibility index (Phi) is 6.31. The Balaban J connectivity index is 1.38. The van der Waals surface area contributed by atoms with Gasteiger partial charge in [0.25, 0.3) is 0 Å². The van der Waals surface area contributed by atoms with Crippen LogP contribution in [0.25, 0.3) is 0 Å². The fourth-order valence-electron chi connectivity index (χ4n) is 5.08. The summed E-state index contributed by atoms with van der Waals surface area (Å²) in [4.78, 5) is 15.0. The average molecular weight is 431 g/mol. The minimum Gasteiger partial charge on any atom is -0.319 e. The van der Waals surface area contributed by atoms with Crippen molar-refractivity contribution in [2.45, 2.75) is 37.0 Å². The monoisotopic (exact) mass is 430 g/mol. The molecule has 2 aromatic carbocycles. The third-order valence-electron chi connectivity index (χ3n) is 6.77. The number of benzene rings is 2. The number of ketones is 1. The lowest BCUT2D eigenvalue weighted by molar-refractivity contribution is 0.0933. The zero-order valence-electron chi connectivity index (χ0n) is 16.9. The van der Waals surface area contributed by atoms with Crippen LogP contribution < -0.4 is 5.32 Å². The maximum absolute atomic E-state index is 12.5. The first-order valence-corrected chi connectivity index (χ1v) is 11.2. The van der Waals surface area contributed by atoms with Gasteiger partial charge in [0.1, 0.15) is 0 Å². The van der Waals surface area contributed by atoms with Crippen LogP contribution in [-0.2, 0) is 5.41 Å². The molecule has 1 saturated heterocycles. The Hall–Kier alpha value is -1.39. The zero-order chi connectivity index (χ0) is 20.4. The van der Waals surface area contributed by atoms with Crippen LogP contribution in [0.15, 0.2) is 42.5 Å². The van der Waals surface area contributed by atoms with Crippen LogP contribution in [0.5, 0.6) is 0 Å². The molecule has 5 heteroatoms. The van der Waals surface area contributed by atoms with Crippen molar-refractivity contribution in [1.29, 1.82) is 0 Å². The number of likely N-dealkylation sites (N-methyl/N-ethyl adjacent to an activating group) is 1. The van der Waals surface area contributed by atoms with E-state index in [0.29, 0.717) is 28.2 Å². The van der Waals surface area contributed by atoms with Crippen LogP contribution in [0.4, 0.5) is 0 Å². The van der Waals surface area contributed by atoms with Crippen LogP contribution >= 0.6 is 23.2 Å². The third-order valence-corrected chi connectivity index (χ3v) is 7.51. The second-order valence-corrected chi connectivity index (χ2v) is 9.30. The topological polar surface area (TPSA) is 32.3 Å². The number of carbonyl (C=O) groups excluding carboxylic acids is 1. The summed E-state index contributed by atoms with van der Waals surface area (Å²) in [5.41, 5.74) is 3.54. The maximum Gasteiger partial charge on any atom is 0.164 e. The van der Waals surface area contributed by atoms with Gasteiger partial charge < -0.3 is 10.2 Å². The second kappa shape index (κ2) is 8.77.